The summed E-state index contributed by atoms with van der Waals surface area (Å²) in [5, 5.41) is 6.61. The molecular formula is C20H26ClN3O3S. The van der Waals surface area contributed by atoms with Crippen LogP contribution in [0.5, 0.6) is 0 Å². The quantitative estimate of drug-likeness (QED) is 0.715. The molecule has 152 valence electrons. The highest BCUT2D eigenvalue weighted by Crippen LogP contribution is 2.23. The zero-order valence-corrected chi connectivity index (χ0v) is 18.3. The maximum atomic E-state index is 12.4. The summed E-state index contributed by atoms with van der Waals surface area (Å²) in [5.74, 6) is -0.265. The normalized spacial score (nSPS) is 12.2. The van der Waals surface area contributed by atoms with Crippen LogP contribution in [0, 0.1) is 6.92 Å². The molecule has 0 heterocycles. The van der Waals surface area contributed by atoms with E-state index in [4.69, 9.17) is 11.6 Å². The lowest BCUT2D eigenvalue weighted by Crippen LogP contribution is -2.41. The van der Waals surface area contributed by atoms with Crippen molar-refractivity contribution in [2.75, 3.05) is 26.0 Å². The van der Waals surface area contributed by atoms with Gasteiger partial charge in [-0.2, -0.15) is 0 Å². The number of carbonyl (C=O) groups excluding carboxylic acids is 1. The highest BCUT2D eigenvalue weighted by molar-refractivity contribution is 7.89. The smallest absolute Gasteiger partial charge is 0.242 e. The summed E-state index contributed by atoms with van der Waals surface area (Å²) in [6.45, 7) is 5.73. The minimum absolute atomic E-state index is 0.0687. The van der Waals surface area contributed by atoms with Gasteiger partial charge in [0.2, 0.25) is 15.9 Å². The molecule has 0 saturated carbocycles. The lowest BCUT2D eigenvalue weighted by molar-refractivity contribution is -0.115. The van der Waals surface area contributed by atoms with Gasteiger partial charge in [0.25, 0.3) is 0 Å². The van der Waals surface area contributed by atoms with Crippen LogP contribution in [-0.2, 0) is 20.4 Å². The third-order valence-corrected chi connectivity index (χ3v) is 6.70. The minimum atomic E-state index is -3.59. The van der Waals surface area contributed by atoms with Crippen LogP contribution in [0.1, 0.15) is 25.0 Å². The molecule has 0 aliphatic rings. The predicted octanol–water partition coefficient (Wildman–Crippen LogP) is 3.36. The van der Waals surface area contributed by atoms with Gasteiger partial charge >= 0.3 is 0 Å². The Morgan fingerprint density at radius 3 is 2.29 bits per heavy atom. The van der Waals surface area contributed by atoms with E-state index in [-0.39, 0.29) is 17.3 Å². The molecule has 1 amide bonds. The van der Waals surface area contributed by atoms with Crippen molar-refractivity contribution in [1.82, 2.24) is 9.62 Å². The molecule has 8 heteroatoms. The van der Waals surface area contributed by atoms with E-state index in [0.29, 0.717) is 16.3 Å². The summed E-state index contributed by atoms with van der Waals surface area (Å²) in [7, 11) is -0.635. The third-order valence-electron chi connectivity index (χ3n) is 4.49. The number of amides is 1. The lowest BCUT2D eigenvalue weighted by atomic mass is 9.94. The molecule has 0 fully saturated rings. The molecule has 0 radical (unpaired) electrons. The fourth-order valence-corrected chi connectivity index (χ4v) is 3.90. The molecule has 0 unspecified atom stereocenters. The van der Waals surface area contributed by atoms with Crippen molar-refractivity contribution in [3.63, 3.8) is 0 Å². The Balaban J connectivity index is 2.08. The van der Waals surface area contributed by atoms with Crippen molar-refractivity contribution in [3.05, 3.63) is 58.6 Å². The Hall–Kier alpha value is -1.93. The number of hydrogen-bond donors (Lipinski definition) is 2. The Morgan fingerprint density at radius 2 is 1.71 bits per heavy atom. The van der Waals surface area contributed by atoms with Crippen LogP contribution in [0.3, 0.4) is 0 Å². The Bertz CT molecular complexity index is 955. The van der Waals surface area contributed by atoms with Gasteiger partial charge in [0.1, 0.15) is 0 Å². The largest absolute Gasteiger partial charge is 0.325 e. The predicted molar refractivity (Wildman–Crippen MR) is 113 cm³/mol. The summed E-state index contributed by atoms with van der Waals surface area (Å²) in [5.41, 5.74) is 1.62. The van der Waals surface area contributed by atoms with Crippen LogP contribution in [0.4, 0.5) is 5.69 Å². The third kappa shape index (κ3) is 5.32. The van der Waals surface area contributed by atoms with Crippen LogP contribution in [0.15, 0.2) is 47.4 Å². The molecule has 0 aromatic heterocycles. The summed E-state index contributed by atoms with van der Waals surface area (Å²) >= 11 is 5.92. The van der Waals surface area contributed by atoms with Gasteiger partial charge in [-0.3, -0.25) is 10.1 Å². The summed E-state index contributed by atoms with van der Waals surface area (Å²) in [4.78, 5) is 12.5. The van der Waals surface area contributed by atoms with Gasteiger partial charge in [-0.25, -0.2) is 12.7 Å². The number of aryl methyl sites for hydroxylation is 1. The van der Waals surface area contributed by atoms with E-state index < -0.39 is 15.6 Å². The molecule has 0 spiro atoms. The van der Waals surface area contributed by atoms with Crippen molar-refractivity contribution >= 4 is 33.2 Å². The molecule has 0 bridgehead atoms. The van der Waals surface area contributed by atoms with Crippen molar-refractivity contribution in [3.8, 4) is 0 Å². The van der Waals surface area contributed by atoms with E-state index >= 15 is 0 Å². The highest BCUT2D eigenvalue weighted by atomic mass is 35.5. The number of sulfonamides is 1. The second kappa shape index (κ2) is 8.61. The fourth-order valence-electron chi connectivity index (χ4n) is 2.63. The first-order valence-electron chi connectivity index (χ1n) is 8.77. The summed E-state index contributed by atoms with van der Waals surface area (Å²) < 4.78 is 26.0. The van der Waals surface area contributed by atoms with Gasteiger partial charge in [-0.1, -0.05) is 29.8 Å². The van der Waals surface area contributed by atoms with E-state index in [1.165, 1.54) is 20.2 Å². The monoisotopic (exact) mass is 423 g/mol. The second-order valence-electron chi connectivity index (χ2n) is 7.30. The average molecular weight is 424 g/mol. The van der Waals surface area contributed by atoms with E-state index in [1.54, 1.807) is 31.2 Å². The van der Waals surface area contributed by atoms with E-state index in [1.807, 2.05) is 26.0 Å². The maximum Gasteiger partial charge on any atom is 0.242 e. The number of carbonyl (C=O) groups is 1. The SMILES string of the molecule is Cc1ccc(NC(=O)CNC(C)(C)c2ccc(Cl)cc2)cc1S(=O)(=O)N(C)C. The van der Waals surface area contributed by atoms with Gasteiger partial charge in [-0.15, -0.1) is 0 Å². The number of nitrogens with zero attached hydrogens (tertiary/aromatic N) is 1. The Morgan fingerprint density at radius 1 is 1.11 bits per heavy atom. The molecule has 2 N–H and O–H groups in total. The molecule has 2 aromatic carbocycles. The molecule has 0 aliphatic carbocycles. The van der Waals surface area contributed by atoms with Crippen molar-refractivity contribution in [2.45, 2.75) is 31.2 Å². The summed E-state index contributed by atoms with van der Waals surface area (Å²) in [6.07, 6.45) is 0. The number of nitrogens with one attached hydrogen (secondary N) is 2. The van der Waals surface area contributed by atoms with Gasteiger partial charge in [0.15, 0.2) is 0 Å². The van der Waals surface area contributed by atoms with Crippen molar-refractivity contribution < 1.29 is 13.2 Å². The highest BCUT2D eigenvalue weighted by Gasteiger charge is 2.22. The summed E-state index contributed by atoms with van der Waals surface area (Å²) in [6, 6.07) is 12.3. The molecule has 6 nitrogen and oxygen atoms in total. The van der Waals surface area contributed by atoms with E-state index in [0.717, 1.165) is 9.87 Å². The second-order valence-corrected chi connectivity index (χ2v) is 9.86. The van der Waals surface area contributed by atoms with E-state index in [9.17, 15) is 13.2 Å². The van der Waals surface area contributed by atoms with Gasteiger partial charge in [-0.05, 0) is 56.2 Å². The first-order chi connectivity index (χ1) is 12.9. The number of rotatable bonds is 7. The Kier molecular flexibility index (Phi) is 6.88. The maximum absolute atomic E-state index is 12.4. The van der Waals surface area contributed by atoms with Gasteiger partial charge in [0, 0.05) is 30.3 Å². The number of halogens is 1. The van der Waals surface area contributed by atoms with Gasteiger partial charge < -0.3 is 5.32 Å². The lowest BCUT2D eigenvalue weighted by Gasteiger charge is -2.27. The molecule has 2 rings (SSSR count). The first kappa shape index (κ1) is 22.4. The average Bonchev–Trinajstić information content (AvgIpc) is 2.62. The minimum Gasteiger partial charge on any atom is -0.325 e. The number of benzene rings is 2. The molecule has 28 heavy (non-hydrogen) atoms. The first-order valence-corrected chi connectivity index (χ1v) is 10.6. The van der Waals surface area contributed by atoms with Gasteiger partial charge in [0.05, 0.1) is 11.4 Å². The van der Waals surface area contributed by atoms with E-state index in [2.05, 4.69) is 10.6 Å². The number of hydrogen-bond acceptors (Lipinski definition) is 4. The number of anilines is 1. The van der Waals surface area contributed by atoms with Crippen LogP contribution in [-0.4, -0.2) is 39.3 Å². The van der Waals surface area contributed by atoms with Crippen LogP contribution in [0.2, 0.25) is 5.02 Å². The zero-order chi connectivity index (χ0) is 21.1. The standard InChI is InChI=1S/C20H26ClN3O3S/c1-14-6-11-17(12-18(14)28(26,27)24(4)5)23-19(25)13-22-20(2,3)15-7-9-16(21)10-8-15/h6-12,22H,13H2,1-5H3,(H,23,25). The van der Waals surface area contributed by atoms with Crippen LogP contribution < -0.4 is 10.6 Å². The van der Waals surface area contributed by atoms with Crippen LogP contribution >= 0.6 is 11.6 Å². The molecule has 0 aliphatic heterocycles. The Labute approximate surface area is 171 Å². The van der Waals surface area contributed by atoms with Crippen LogP contribution in [0.25, 0.3) is 0 Å². The van der Waals surface area contributed by atoms with Crippen molar-refractivity contribution in [1.29, 1.82) is 0 Å². The topological polar surface area (TPSA) is 78.5 Å². The molecule has 0 atom stereocenters. The fraction of sp³-hybridized carbons (Fsp3) is 0.350. The molecular weight excluding hydrogens is 398 g/mol. The van der Waals surface area contributed by atoms with Crippen molar-refractivity contribution in [2.24, 2.45) is 0 Å². The molecule has 0 saturated heterocycles. The molecule has 2 aromatic rings. The zero-order valence-electron chi connectivity index (χ0n) is 16.7.